The summed E-state index contributed by atoms with van der Waals surface area (Å²) in [4.78, 5) is 32.8. The summed E-state index contributed by atoms with van der Waals surface area (Å²) in [7, 11) is 1.52. The summed E-state index contributed by atoms with van der Waals surface area (Å²) in [6.07, 6.45) is 6.07. The second-order valence-corrected chi connectivity index (χ2v) is 6.46. The third-order valence-electron chi connectivity index (χ3n) is 4.92. The molecule has 1 aromatic heterocycles. The van der Waals surface area contributed by atoms with E-state index in [2.05, 4.69) is 4.98 Å². The van der Waals surface area contributed by atoms with Crippen molar-refractivity contribution >= 4 is 11.8 Å². The monoisotopic (exact) mass is 317 g/mol. The lowest BCUT2D eigenvalue weighted by molar-refractivity contribution is -0.145. The zero-order valence-electron chi connectivity index (χ0n) is 13.5. The average Bonchev–Trinajstić information content (AvgIpc) is 2.86. The van der Waals surface area contributed by atoms with Gasteiger partial charge in [0.05, 0.1) is 5.41 Å². The maximum absolute atomic E-state index is 13.0. The maximum Gasteiger partial charge on any atom is 0.248 e. The minimum Gasteiger partial charge on any atom is -0.375 e. The van der Waals surface area contributed by atoms with Crippen molar-refractivity contribution in [3.05, 3.63) is 30.1 Å². The predicted octanol–water partition coefficient (Wildman–Crippen LogP) is 1.07. The van der Waals surface area contributed by atoms with Crippen molar-refractivity contribution in [3.63, 3.8) is 0 Å². The van der Waals surface area contributed by atoms with E-state index in [1.54, 1.807) is 17.3 Å². The second-order valence-electron chi connectivity index (χ2n) is 6.46. The minimum atomic E-state index is -0.394. The van der Waals surface area contributed by atoms with Gasteiger partial charge in [-0.1, -0.05) is 0 Å². The molecule has 0 saturated carbocycles. The van der Waals surface area contributed by atoms with Gasteiger partial charge in [0.15, 0.2) is 0 Å². The number of piperidine rings is 1. The van der Waals surface area contributed by atoms with Crippen molar-refractivity contribution in [2.24, 2.45) is 5.41 Å². The number of aromatic nitrogens is 1. The Labute approximate surface area is 136 Å². The third kappa shape index (κ3) is 3.22. The number of hydrogen-bond acceptors (Lipinski definition) is 4. The van der Waals surface area contributed by atoms with Gasteiger partial charge < -0.3 is 14.5 Å². The number of methoxy groups -OCH3 is 1. The number of rotatable bonds is 4. The summed E-state index contributed by atoms with van der Waals surface area (Å²) in [6, 6.07) is 3.88. The van der Waals surface area contributed by atoms with Gasteiger partial charge in [0.1, 0.15) is 6.61 Å². The van der Waals surface area contributed by atoms with Crippen LogP contribution in [0.2, 0.25) is 0 Å². The van der Waals surface area contributed by atoms with Gasteiger partial charge in [-0.25, -0.2) is 0 Å². The van der Waals surface area contributed by atoms with E-state index in [0.29, 0.717) is 13.1 Å². The lowest BCUT2D eigenvalue weighted by Gasteiger charge is -2.39. The van der Waals surface area contributed by atoms with E-state index in [-0.39, 0.29) is 18.4 Å². The molecule has 1 atom stereocenters. The average molecular weight is 317 g/mol. The van der Waals surface area contributed by atoms with Gasteiger partial charge in [-0.15, -0.1) is 0 Å². The van der Waals surface area contributed by atoms with E-state index in [9.17, 15) is 9.59 Å². The van der Waals surface area contributed by atoms with Crippen LogP contribution in [0.25, 0.3) is 0 Å². The van der Waals surface area contributed by atoms with Crippen LogP contribution in [-0.2, 0) is 20.9 Å². The number of nitrogens with zero attached hydrogens (tertiary/aromatic N) is 3. The molecule has 2 aliphatic heterocycles. The van der Waals surface area contributed by atoms with Crippen LogP contribution in [0.5, 0.6) is 0 Å². The molecule has 2 saturated heterocycles. The van der Waals surface area contributed by atoms with Crippen LogP contribution in [0.15, 0.2) is 24.5 Å². The van der Waals surface area contributed by atoms with Crippen LogP contribution < -0.4 is 0 Å². The molecule has 0 aliphatic carbocycles. The first kappa shape index (κ1) is 15.9. The highest BCUT2D eigenvalue weighted by molar-refractivity contribution is 5.86. The van der Waals surface area contributed by atoms with Crippen LogP contribution in [0.1, 0.15) is 24.8 Å². The fraction of sp³-hybridized carbons (Fsp3) is 0.588. The van der Waals surface area contributed by atoms with E-state index < -0.39 is 5.41 Å². The summed E-state index contributed by atoms with van der Waals surface area (Å²) in [5, 5.41) is 0. The molecule has 2 aliphatic rings. The number of carbonyl (C=O) groups is 2. The van der Waals surface area contributed by atoms with Gasteiger partial charge >= 0.3 is 0 Å². The minimum absolute atomic E-state index is 0.0213. The Kier molecular flexibility index (Phi) is 4.61. The van der Waals surface area contributed by atoms with Crippen LogP contribution in [0.3, 0.4) is 0 Å². The molecule has 3 heterocycles. The SMILES string of the molecule is COCC(=O)N1CCC[C@@]2(CCN(Cc3ccncc3)C2=O)C1. The molecule has 3 rings (SSSR count). The number of ether oxygens (including phenoxy) is 1. The summed E-state index contributed by atoms with van der Waals surface area (Å²) >= 11 is 0. The highest BCUT2D eigenvalue weighted by Crippen LogP contribution is 2.40. The number of amides is 2. The van der Waals surface area contributed by atoms with Crippen molar-refractivity contribution in [1.82, 2.24) is 14.8 Å². The quantitative estimate of drug-likeness (QED) is 0.833. The van der Waals surface area contributed by atoms with Crippen LogP contribution in [0, 0.1) is 5.41 Å². The molecule has 1 spiro atoms. The standard InChI is InChI=1S/C17H23N3O3/c1-23-12-15(21)20-9-2-5-17(13-20)6-10-19(16(17)22)11-14-3-7-18-8-4-14/h3-4,7-8H,2,5-6,9-13H2,1H3/t17-/m1/s1. The fourth-order valence-electron chi connectivity index (χ4n) is 3.69. The Morgan fingerprint density at radius 1 is 1.30 bits per heavy atom. The Balaban J connectivity index is 1.68. The molecule has 0 aromatic carbocycles. The summed E-state index contributed by atoms with van der Waals surface area (Å²) in [5.41, 5.74) is 0.697. The Morgan fingerprint density at radius 3 is 2.83 bits per heavy atom. The molecule has 0 bridgehead atoms. The van der Waals surface area contributed by atoms with Crippen molar-refractivity contribution < 1.29 is 14.3 Å². The normalized spacial score (nSPS) is 24.5. The van der Waals surface area contributed by atoms with Gasteiger partial charge in [0, 0.05) is 45.7 Å². The summed E-state index contributed by atoms with van der Waals surface area (Å²) in [6.45, 7) is 2.72. The molecule has 6 heteroatoms. The van der Waals surface area contributed by atoms with Gasteiger partial charge in [0.2, 0.25) is 11.8 Å². The first-order valence-corrected chi connectivity index (χ1v) is 8.10. The van der Waals surface area contributed by atoms with E-state index in [0.717, 1.165) is 37.9 Å². The second kappa shape index (κ2) is 6.66. The number of likely N-dealkylation sites (tertiary alicyclic amines) is 2. The molecule has 6 nitrogen and oxygen atoms in total. The van der Waals surface area contributed by atoms with Crippen molar-refractivity contribution in [3.8, 4) is 0 Å². The highest BCUT2D eigenvalue weighted by Gasteiger charge is 2.49. The molecular formula is C17H23N3O3. The smallest absolute Gasteiger partial charge is 0.248 e. The zero-order chi connectivity index (χ0) is 16.3. The Morgan fingerprint density at radius 2 is 2.09 bits per heavy atom. The third-order valence-corrected chi connectivity index (χ3v) is 4.92. The molecular weight excluding hydrogens is 294 g/mol. The van der Waals surface area contributed by atoms with Gasteiger partial charge in [0.25, 0.3) is 0 Å². The molecule has 23 heavy (non-hydrogen) atoms. The fourth-order valence-corrected chi connectivity index (χ4v) is 3.69. The molecule has 0 unspecified atom stereocenters. The number of pyridine rings is 1. The molecule has 0 N–H and O–H groups in total. The van der Waals surface area contributed by atoms with E-state index >= 15 is 0 Å². The maximum atomic E-state index is 13.0. The Hall–Kier alpha value is -1.95. The predicted molar refractivity (Wildman–Crippen MR) is 84.4 cm³/mol. The van der Waals surface area contributed by atoms with Crippen molar-refractivity contribution in [2.45, 2.75) is 25.8 Å². The van der Waals surface area contributed by atoms with Gasteiger partial charge in [-0.3, -0.25) is 14.6 Å². The van der Waals surface area contributed by atoms with Gasteiger partial charge in [-0.2, -0.15) is 0 Å². The lowest BCUT2D eigenvalue weighted by Crippen LogP contribution is -2.50. The summed E-state index contributed by atoms with van der Waals surface area (Å²) < 4.78 is 4.94. The molecule has 0 radical (unpaired) electrons. The first-order valence-electron chi connectivity index (χ1n) is 8.10. The Bertz CT molecular complexity index is 578. The molecule has 124 valence electrons. The van der Waals surface area contributed by atoms with Crippen molar-refractivity contribution in [2.75, 3.05) is 33.4 Å². The highest BCUT2D eigenvalue weighted by atomic mass is 16.5. The molecule has 2 amide bonds. The van der Waals surface area contributed by atoms with Gasteiger partial charge in [-0.05, 0) is 37.0 Å². The topological polar surface area (TPSA) is 62.7 Å². The summed E-state index contributed by atoms with van der Waals surface area (Å²) in [5.74, 6) is 0.163. The van der Waals surface area contributed by atoms with Crippen LogP contribution >= 0.6 is 0 Å². The van der Waals surface area contributed by atoms with E-state index in [1.807, 2.05) is 17.0 Å². The zero-order valence-corrected chi connectivity index (χ0v) is 13.5. The van der Waals surface area contributed by atoms with Crippen molar-refractivity contribution in [1.29, 1.82) is 0 Å². The lowest BCUT2D eigenvalue weighted by atomic mass is 9.78. The molecule has 2 fully saturated rings. The number of hydrogen-bond donors (Lipinski definition) is 0. The van der Waals surface area contributed by atoms with Crippen LogP contribution in [0.4, 0.5) is 0 Å². The molecule has 1 aromatic rings. The first-order chi connectivity index (χ1) is 11.1. The van der Waals surface area contributed by atoms with E-state index in [4.69, 9.17) is 4.74 Å². The van der Waals surface area contributed by atoms with Crippen LogP contribution in [-0.4, -0.2) is 59.9 Å². The number of carbonyl (C=O) groups excluding carboxylic acids is 2. The van der Waals surface area contributed by atoms with E-state index in [1.165, 1.54) is 7.11 Å². The largest absolute Gasteiger partial charge is 0.375 e.